The van der Waals surface area contributed by atoms with Gasteiger partial charge < -0.3 is 0 Å². The maximum atomic E-state index is 6.03. The Morgan fingerprint density at radius 2 is 1.79 bits per heavy atom. The number of hydrogen-bond acceptors (Lipinski definition) is 1. The van der Waals surface area contributed by atoms with E-state index in [4.69, 9.17) is 11.6 Å². The maximum absolute atomic E-state index is 6.03. The number of imidazole rings is 1. The Kier molecular flexibility index (Phi) is 3.26. The Morgan fingerprint density at radius 3 is 2.47 bits per heavy atom. The van der Waals surface area contributed by atoms with Crippen LogP contribution in [0.3, 0.4) is 0 Å². The molecular weight excluding hydrogens is 256 g/mol. The van der Waals surface area contributed by atoms with Gasteiger partial charge in [-0.3, -0.25) is 4.57 Å². The topological polar surface area (TPSA) is 17.8 Å². The molecule has 0 saturated heterocycles. The third-order valence-corrected chi connectivity index (χ3v) is 3.59. The van der Waals surface area contributed by atoms with Crippen molar-refractivity contribution in [1.29, 1.82) is 0 Å². The van der Waals surface area contributed by atoms with Crippen LogP contribution in [-0.2, 0) is 12.3 Å². The average molecular weight is 271 g/mol. The summed E-state index contributed by atoms with van der Waals surface area (Å²) < 4.78 is 2.13. The quantitative estimate of drug-likeness (QED) is 0.648. The molecule has 1 heterocycles. The molecule has 0 aliphatic carbocycles. The van der Waals surface area contributed by atoms with E-state index in [0.29, 0.717) is 5.88 Å². The van der Waals surface area contributed by atoms with Crippen LogP contribution >= 0.6 is 11.6 Å². The van der Waals surface area contributed by atoms with Gasteiger partial charge in [-0.05, 0) is 36.2 Å². The van der Waals surface area contributed by atoms with Gasteiger partial charge in [0, 0.05) is 5.69 Å². The molecule has 0 fully saturated rings. The molecule has 1 aromatic heterocycles. The summed E-state index contributed by atoms with van der Waals surface area (Å²) >= 11 is 6.03. The van der Waals surface area contributed by atoms with Crippen molar-refractivity contribution in [3.05, 3.63) is 59.9 Å². The summed E-state index contributed by atoms with van der Waals surface area (Å²) in [7, 11) is 0. The first-order valence-electron chi connectivity index (χ1n) is 6.45. The zero-order valence-electron chi connectivity index (χ0n) is 10.8. The Balaban J connectivity index is 2.21. The van der Waals surface area contributed by atoms with Crippen LogP contribution in [0.4, 0.5) is 0 Å². The van der Waals surface area contributed by atoms with Gasteiger partial charge in [0.2, 0.25) is 0 Å². The summed E-state index contributed by atoms with van der Waals surface area (Å²) in [6, 6.07) is 16.7. The highest BCUT2D eigenvalue weighted by atomic mass is 35.5. The average Bonchev–Trinajstić information content (AvgIpc) is 2.86. The Labute approximate surface area is 117 Å². The van der Waals surface area contributed by atoms with Crippen molar-refractivity contribution in [2.75, 3.05) is 0 Å². The molecule has 0 atom stereocenters. The molecule has 3 heteroatoms. The van der Waals surface area contributed by atoms with Crippen molar-refractivity contribution < 1.29 is 0 Å². The van der Waals surface area contributed by atoms with Gasteiger partial charge in [-0.2, -0.15) is 0 Å². The van der Waals surface area contributed by atoms with E-state index in [1.165, 1.54) is 5.56 Å². The summed E-state index contributed by atoms with van der Waals surface area (Å²) in [5, 5.41) is 0. The Bertz CT molecular complexity index is 698. The largest absolute Gasteiger partial charge is 0.295 e. The number of nitrogens with zero attached hydrogens (tertiary/aromatic N) is 2. The molecule has 0 amide bonds. The van der Waals surface area contributed by atoms with Crippen molar-refractivity contribution in [3.8, 4) is 5.69 Å². The summed E-state index contributed by atoms with van der Waals surface area (Å²) in [5.41, 5.74) is 4.53. The van der Waals surface area contributed by atoms with Gasteiger partial charge in [0.15, 0.2) is 0 Å². The van der Waals surface area contributed by atoms with Gasteiger partial charge in [0.1, 0.15) is 5.82 Å². The number of alkyl halides is 1. The highest BCUT2D eigenvalue weighted by Crippen LogP contribution is 2.22. The molecular formula is C16H15ClN2. The number of hydrogen-bond donors (Lipinski definition) is 0. The maximum Gasteiger partial charge on any atom is 0.129 e. The second-order valence-corrected chi connectivity index (χ2v) is 4.77. The monoisotopic (exact) mass is 270 g/mol. The van der Waals surface area contributed by atoms with E-state index < -0.39 is 0 Å². The fraction of sp³-hybridized carbons (Fsp3) is 0.188. The number of halogens is 1. The van der Waals surface area contributed by atoms with Gasteiger partial charge >= 0.3 is 0 Å². The van der Waals surface area contributed by atoms with Crippen molar-refractivity contribution in [1.82, 2.24) is 9.55 Å². The smallest absolute Gasteiger partial charge is 0.129 e. The fourth-order valence-corrected chi connectivity index (χ4v) is 2.51. The number of aryl methyl sites for hydroxylation is 1. The molecule has 0 bridgehead atoms. The third-order valence-electron chi connectivity index (χ3n) is 3.35. The van der Waals surface area contributed by atoms with E-state index >= 15 is 0 Å². The van der Waals surface area contributed by atoms with Crippen LogP contribution in [0, 0.1) is 0 Å². The van der Waals surface area contributed by atoms with Crippen molar-refractivity contribution in [2.45, 2.75) is 19.2 Å². The zero-order valence-corrected chi connectivity index (χ0v) is 11.6. The number of aromatic nitrogens is 2. The molecule has 0 radical (unpaired) electrons. The third kappa shape index (κ3) is 2.13. The highest BCUT2D eigenvalue weighted by Gasteiger charge is 2.10. The van der Waals surface area contributed by atoms with Crippen molar-refractivity contribution in [2.24, 2.45) is 0 Å². The Morgan fingerprint density at radius 1 is 1.05 bits per heavy atom. The molecule has 0 unspecified atom stereocenters. The van der Waals surface area contributed by atoms with Gasteiger partial charge in [-0.25, -0.2) is 4.98 Å². The molecule has 3 aromatic rings. The minimum absolute atomic E-state index is 0.407. The molecule has 2 aromatic carbocycles. The van der Waals surface area contributed by atoms with E-state index in [1.807, 2.05) is 18.2 Å². The predicted molar refractivity (Wildman–Crippen MR) is 80.0 cm³/mol. The first-order chi connectivity index (χ1) is 9.33. The first kappa shape index (κ1) is 12.2. The summed E-state index contributed by atoms with van der Waals surface area (Å²) in [4.78, 5) is 4.58. The molecule has 0 aliphatic rings. The molecule has 19 heavy (non-hydrogen) atoms. The van der Waals surface area contributed by atoms with E-state index in [1.54, 1.807) is 0 Å². The molecule has 0 N–H and O–H groups in total. The number of rotatable bonds is 3. The lowest BCUT2D eigenvalue weighted by atomic mass is 10.1. The SMILES string of the molecule is CCc1ccc(-n2c(CCl)nc3ccccc32)cc1. The van der Waals surface area contributed by atoms with E-state index in [0.717, 1.165) is 29.0 Å². The van der Waals surface area contributed by atoms with Gasteiger partial charge in [0.05, 0.1) is 16.9 Å². The second-order valence-electron chi connectivity index (χ2n) is 4.51. The van der Waals surface area contributed by atoms with Crippen LogP contribution in [-0.4, -0.2) is 9.55 Å². The van der Waals surface area contributed by atoms with Crippen molar-refractivity contribution in [3.63, 3.8) is 0 Å². The second kappa shape index (κ2) is 5.06. The lowest BCUT2D eigenvalue weighted by molar-refractivity contribution is 0.979. The minimum atomic E-state index is 0.407. The van der Waals surface area contributed by atoms with Gasteiger partial charge in [-0.15, -0.1) is 11.6 Å². The molecule has 96 valence electrons. The predicted octanol–water partition coefficient (Wildman–Crippen LogP) is 4.33. The van der Waals surface area contributed by atoms with E-state index in [-0.39, 0.29) is 0 Å². The van der Waals surface area contributed by atoms with Crippen LogP contribution in [0.25, 0.3) is 16.7 Å². The molecule has 2 nitrogen and oxygen atoms in total. The van der Waals surface area contributed by atoms with Crippen LogP contribution in [0.15, 0.2) is 48.5 Å². The first-order valence-corrected chi connectivity index (χ1v) is 6.98. The normalized spacial score (nSPS) is 11.1. The summed E-state index contributed by atoms with van der Waals surface area (Å²) in [5.74, 6) is 1.29. The van der Waals surface area contributed by atoms with Crippen molar-refractivity contribution >= 4 is 22.6 Å². The van der Waals surface area contributed by atoms with E-state index in [9.17, 15) is 0 Å². The lowest BCUT2D eigenvalue weighted by Crippen LogP contribution is -1.99. The van der Waals surface area contributed by atoms with Crippen LogP contribution < -0.4 is 0 Å². The van der Waals surface area contributed by atoms with Crippen LogP contribution in [0.1, 0.15) is 18.3 Å². The molecule has 0 spiro atoms. The number of benzene rings is 2. The number of para-hydroxylation sites is 2. The molecule has 3 rings (SSSR count). The number of fused-ring (bicyclic) bond motifs is 1. The molecule has 0 saturated carbocycles. The summed E-state index contributed by atoms with van der Waals surface area (Å²) in [6.45, 7) is 2.16. The van der Waals surface area contributed by atoms with Gasteiger partial charge in [0.25, 0.3) is 0 Å². The summed E-state index contributed by atoms with van der Waals surface area (Å²) in [6.07, 6.45) is 1.05. The van der Waals surface area contributed by atoms with E-state index in [2.05, 4.69) is 46.8 Å². The highest BCUT2D eigenvalue weighted by molar-refractivity contribution is 6.17. The molecule has 0 aliphatic heterocycles. The van der Waals surface area contributed by atoms with Crippen LogP contribution in [0.5, 0.6) is 0 Å². The lowest BCUT2D eigenvalue weighted by Gasteiger charge is -2.08. The minimum Gasteiger partial charge on any atom is -0.295 e. The Hall–Kier alpha value is -1.80. The van der Waals surface area contributed by atoms with Crippen LogP contribution in [0.2, 0.25) is 0 Å². The zero-order chi connectivity index (χ0) is 13.2. The standard InChI is InChI=1S/C16H15ClN2/c1-2-12-7-9-13(10-8-12)19-15-6-4-3-5-14(15)18-16(19)11-17/h3-10H,2,11H2,1H3. The fourth-order valence-electron chi connectivity index (χ4n) is 2.33. The van der Waals surface area contributed by atoms with Gasteiger partial charge in [-0.1, -0.05) is 31.2 Å².